The van der Waals surface area contributed by atoms with E-state index < -0.39 is 5.97 Å². The minimum Gasteiger partial charge on any atom is -0.478 e. The summed E-state index contributed by atoms with van der Waals surface area (Å²) in [5, 5.41) is 28.3. The Morgan fingerprint density at radius 1 is 0.967 bits per heavy atom. The molecule has 30 heavy (non-hydrogen) atoms. The van der Waals surface area contributed by atoms with Gasteiger partial charge < -0.3 is 9.84 Å². The monoisotopic (exact) mass is 446 g/mol. The lowest BCUT2D eigenvalue weighted by Crippen LogP contribution is -2.48. The van der Waals surface area contributed by atoms with Gasteiger partial charge in [0.05, 0.1) is 39.9 Å². The van der Waals surface area contributed by atoms with Crippen LogP contribution in [0.3, 0.4) is 0 Å². The standard InChI is InChI=1S/C12H12ClN3O2.C8H4ClNO2/c13-11-2-1-9(7-10(11)8-14)12(17)15-16-3-5-18-6-4-16;9-7-2-1-5(8(11)12)3-6(7)4-10/h1-2,7H,3-6H2,(H,15,17);1-3H,(H,11,12). The predicted octanol–water partition coefficient (Wildman–Crippen LogP) is 3.10. The molecule has 2 aromatic rings. The van der Waals surface area contributed by atoms with Gasteiger partial charge in [0, 0.05) is 18.7 Å². The van der Waals surface area contributed by atoms with E-state index in [1.807, 2.05) is 6.07 Å². The van der Waals surface area contributed by atoms with E-state index in [0.29, 0.717) is 42.5 Å². The number of nitrogens with one attached hydrogen (secondary N) is 1. The Morgan fingerprint density at radius 2 is 1.47 bits per heavy atom. The van der Waals surface area contributed by atoms with Crippen LogP contribution >= 0.6 is 23.2 Å². The fraction of sp³-hybridized carbons (Fsp3) is 0.200. The smallest absolute Gasteiger partial charge is 0.335 e. The van der Waals surface area contributed by atoms with Crippen molar-refractivity contribution in [3.8, 4) is 12.1 Å². The van der Waals surface area contributed by atoms with Gasteiger partial charge in [-0.1, -0.05) is 23.2 Å². The van der Waals surface area contributed by atoms with Crippen molar-refractivity contribution in [2.75, 3.05) is 26.3 Å². The van der Waals surface area contributed by atoms with E-state index in [-0.39, 0.29) is 22.1 Å². The second kappa shape index (κ2) is 11.1. The third-order valence-electron chi connectivity index (χ3n) is 3.95. The van der Waals surface area contributed by atoms with Crippen LogP contribution in [0.2, 0.25) is 10.0 Å². The van der Waals surface area contributed by atoms with Crippen LogP contribution in [0.1, 0.15) is 31.8 Å². The number of ether oxygens (including phenoxy) is 1. The molecule has 0 aromatic heterocycles. The normalized spacial score (nSPS) is 13.2. The number of hydrogen-bond acceptors (Lipinski definition) is 6. The fourth-order valence-corrected chi connectivity index (χ4v) is 2.70. The van der Waals surface area contributed by atoms with E-state index >= 15 is 0 Å². The topological polar surface area (TPSA) is 126 Å². The van der Waals surface area contributed by atoms with E-state index in [2.05, 4.69) is 5.43 Å². The van der Waals surface area contributed by atoms with E-state index in [1.165, 1.54) is 24.3 Å². The van der Waals surface area contributed by atoms with E-state index in [9.17, 15) is 9.59 Å². The second-order valence-corrected chi connectivity index (χ2v) is 6.77. The second-order valence-electron chi connectivity index (χ2n) is 5.96. The molecule has 1 saturated heterocycles. The van der Waals surface area contributed by atoms with Gasteiger partial charge in [0.15, 0.2) is 0 Å². The fourth-order valence-electron chi connectivity index (χ4n) is 2.38. The number of amides is 1. The van der Waals surface area contributed by atoms with Gasteiger partial charge in [-0.15, -0.1) is 0 Å². The SMILES string of the molecule is N#Cc1cc(C(=O)NN2CCOCC2)ccc1Cl.N#Cc1cc(C(=O)O)ccc1Cl. The number of rotatable bonds is 3. The third-order valence-corrected chi connectivity index (χ3v) is 4.61. The Labute approximate surface area is 182 Å². The quantitative estimate of drug-likeness (QED) is 0.740. The predicted molar refractivity (Wildman–Crippen MR) is 109 cm³/mol. The van der Waals surface area contributed by atoms with Crippen molar-refractivity contribution in [1.82, 2.24) is 10.4 Å². The number of nitriles is 2. The van der Waals surface area contributed by atoms with Gasteiger partial charge >= 0.3 is 5.97 Å². The van der Waals surface area contributed by atoms with Crippen molar-refractivity contribution >= 4 is 35.1 Å². The summed E-state index contributed by atoms with van der Waals surface area (Å²) in [7, 11) is 0. The summed E-state index contributed by atoms with van der Waals surface area (Å²) in [5.74, 6) is -1.31. The molecule has 1 fully saturated rings. The molecular weight excluding hydrogens is 431 g/mol. The van der Waals surface area contributed by atoms with Crippen molar-refractivity contribution < 1.29 is 19.4 Å². The number of hydrogen-bond donors (Lipinski definition) is 2. The molecule has 1 heterocycles. The largest absolute Gasteiger partial charge is 0.478 e. The third kappa shape index (κ3) is 6.45. The summed E-state index contributed by atoms with van der Waals surface area (Å²) in [6, 6.07) is 12.4. The molecule has 1 amide bonds. The molecule has 0 aliphatic carbocycles. The zero-order valence-electron chi connectivity index (χ0n) is 15.6. The van der Waals surface area contributed by atoms with E-state index in [4.69, 9.17) is 43.6 Å². The van der Waals surface area contributed by atoms with Crippen molar-refractivity contribution in [2.45, 2.75) is 0 Å². The van der Waals surface area contributed by atoms with E-state index in [1.54, 1.807) is 23.2 Å². The molecular formula is C20H16Cl2N4O4. The molecule has 0 radical (unpaired) electrons. The first kappa shape index (κ1) is 23.1. The number of benzene rings is 2. The van der Waals surface area contributed by atoms with Gasteiger partial charge in [0.2, 0.25) is 0 Å². The zero-order valence-corrected chi connectivity index (χ0v) is 17.1. The molecule has 3 rings (SSSR count). The molecule has 2 aromatic carbocycles. The maximum atomic E-state index is 11.9. The number of carbonyl (C=O) groups is 2. The Hall–Kier alpha value is -3.14. The minimum atomic E-state index is -1.07. The van der Waals surface area contributed by atoms with Crippen LogP contribution in [0, 0.1) is 22.7 Å². The molecule has 0 saturated carbocycles. The Bertz CT molecular complexity index is 1020. The highest BCUT2D eigenvalue weighted by molar-refractivity contribution is 6.32. The highest BCUT2D eigenvalue weighted by Crippen LogP contribution is 2.17. The number of morpholine rings is 1. The van der Waals surface area contributed by atoms with Crippen molar-refractivity contribution in [3.63, 3.8) is 0 Å². The van der Waals surface area contributed by atoms with Gasteiger partial charge in [0.25, 0.3) is 5.91 Å². The Kier molecular flexibility index (Phi) is 8.60. The van der Waals surface area contributed by atoms with Crippen molar-refractivity contribution in [1.29, 1.82) is 10.5 Å². The van der Waals surface area contributed by atoms with Gasteiger partial charge in [-0.2, -0.15) is 10.5 Å². The molecule has 0 unspecified atom stereocenters. The number of nitrogens with zero attached hydrogens (tertiary/aromatic N) is 3. The van der Waals surface area contributed by atoms with Crippen LogP contribution in [0.25, 0.3) is 0 Å². The molecule has 1 aliphatic rings. The number of carboxylic acids is 1. The number of carboxylic acid groups (broad SMARTS) is 1. The molecule has 0 bridgehead atoms. The average molecular weight is 447 g/mol. The van der Waals surface area contributed by atoms with Gasteiger partial charge in [0.1, 0.15) is 12.1 Å². The maximum Gasteiger partial charge on any atom is 0.335 e. The summed E-state index contributed by atoms with van der Waals surface area (Å²) < 4.78 is 5.19. The van der Waals surface area contributed by atoms with Gasteiger partial charge in [-0.3, -0.25) is 10.2 Å². The van der Waals surface area contributed by atoms with E-state index in [0.717, 1.165) is 0 Å². The summed E-state index contributed by atoms with van der Waals surface area (Å²) in [6.07, 6.45) is 0. The molecule has 154 valence electrons. The van der Waals surface area contributed by atoms with Crippen LogP contribution in [0.4, 0.5) is 0 Å². The lowest BCUT2D eigenvalue weighted by atomic mass is 10.1. The number of aromatic carboxylic acids is 1. The molecule has 10 heteroatoms. The summed E-state index contributed by atoms with van der Waals surface area (Å²) >= 11 is 11.4. The average Bonchev–Trinajstić information content (AvgIpc) is 2.75. The molecule has 2 N–H and O–H groups in total. The molecule has 1 aliphatic heterocycles. The van der Waals surface area contributed by atoms with Crippen molar-refractivity contribution in [3.05, 3.63) is 68.7 Å². The zero-order chi connectivity index (χ0) is 22.1. The van der Waals surface area contributed by atoms with Gasteiger partial charge in [-0.05, 0) is 36.4 Å². The van der Waals surface area contributed by atoms with Gasteiger partial charge in [-0.25, -0.2) is 9.80 Å². The number of carbonyl (C=O) groups excluding carboxylic acids is 1. The number of hydrazine groups is 1. The first-order valence-electron chi connectivity index (χ1n) is 8.62. The maximum absolute atomic E-state index is 11.9. The van der Waals surface area contributed by atoms with Crippen molar-refractivity contribution in [2.24, 2.45) is 0 Å². The first-order chi connectivity index (χ1) is 14.3. The lowest BCUT2D eigenvalue weighted by molar-refractivity contribution is 0.0126. The highest BCUT2D eigenvalue weighted by Gasteiger charge is 2.15. The summed E-state index contributed by atoms with van der Waals surface area (Å²) in [6.45, 7) is 2.52. The van der Waals surface area contributed by atoms with Crippen LogP contribution in [-0.4, -0.2) is 48.3 Å². The van der Waals surface area contributed by atoms with Crippen LogP contribution in [0.15, 0.2) is 36.4 Å². The molecule has 0 spiro atoms. The Morgan fingerprint density at radius 3 is 1.97 bits per heavy atom. The summed E-state index contributed by atoms with van der Waals surface area (Å²) in [4.78, 5) is 22.4. The number of halogens is 2. The molecule has 8 nitrogen and oxygen atoms in total. The van der Waals surface area contributed by atoms with Crippen LogP contribution in [-0.2, 0) is 4.74 Å². The molecule has 0 atom stereocenters. The highest BCUT2D eigenvalue weighted by atomic mass is 35.5. The Balaban J connectivity index is 0.000000232. The summed E-state index contributed by atoms with van der Waals surface area (Å²) in [5.41, 5.74) is 3.73. The van der Waals surface area contributed by atoms with Crippen LogP contribution in [0.5, 0.6) is 0 Å². The first-order valence-corrected chi connectivity index (χ1v) is 9.37. The lowest BCUT2D eigenvalue weighted by Gasteiger charge is -2.26. The van der Waals surface area contributed by atoms with Crippen LogP contribution < -0.4 is 5.43 Å². The minimum absolute atomic E-state index is 0.0657.